The Balaban J connectivity index is 2.65. The lowest BCUT2D eigenvalue weighted by Crippen LogP contribution is -2.23. The van der Waals surface area contributed by atoms with E-state index < -0.39 is 10.0 Å². The number of aliphatic hydroxyl groups is 1. The molecule has 0 fully saturated rings. The first-order chi connectivity index (χ1) is 7.07. The molecule has 1 aromatic rings. The average Bonchev–Trinajstić information content (AvgIpc) is 2.27. The topological polar surface area (TPSA) is 66.4 Å². The van der Waals surface area contributed by atoms with Crippen LogP contribution < -0.4 is 4.72 Å². The van der Waals surface area contributed by atoms with Crippen molar-refractivity contribution in [2.75, 3.05) is 4.66 Å². The van der Waals surface area contributed by atoms with Gasteiger partial charge in [-0.1, -0.05) is 40.2 Å². The van der Waals surface area contributed by atoms with Crippen LogP contribution in [0.3, 0.4) is 0 Å². The van der Waals surface area contributed by atoms with Gasteiger partial charge in [0.15, 0.2) is 0 Å². The van der Waals surface area contributed by atoms with Gasteiger partial charge in [-0.15, -0.1) is 0 Å². The molecule has 0 spiro atoms. The maximum atomic E-state index is 11.1. The van der Waals surface area contributed by atoms with Crippen LogP contribution in [0.2, 0.25) is 0 Å². The highest BCUT2D eigenvalue weighted by atomic mass is 79.9. The molecular weight excluding hydrogens is 282 g/mol. The van der Waals surface area contributed by atoms with Crippen molar-refractivity contribution in [3.05, 3.63) is 35.4 Å². The molecule has 0 heterocycles. The van der Waals surface area contributed by atoms with Crippen molar-refractivity contribution >= 4 is 26.0 Å². The molecule has 0 saturated carbocycles. The number of nitrogens with one attached hydrogen (secondary N) is 1. The van der Waals surface area contributed by atoms with E-state index in [9.17, 15) is 8.42 Å². The third-order valence-electron chi connectivity index (χ3n) is 1.81. The summed E-state index contributed by atoms with van der Waals surface area (Å²) in [5.74, 6) is 0. The van der Waals surface area contributed by atoms with Crippen molar-refractivity contribution < 1.29 is 13.5 Å². The Morgan fingerprint density at radius 3 is 2.60 bits per heavy atom. The molecule has 1 aromatic carbocycles. The third-order valence-corrected chi connectivity index (χ3v) is 4.49. The fraction of sp³-hybridized carbons (Fsp3) is 0.333. The number of sulfonamides is 1. The molecule has 0 unspecified atom stereocenters. The van der Waals surface area contributed by atoms with Crippen LogP contribution in [0.5, 0.6) is 0 Å². The molecule has 6 heteroatoms. The minimum absolute atomic E-state index is 0.0426. The lowest BCUT2D eigenvalue weighted by molar-refractivity contribution is 0.281. The molecule has 2 N–H and O–H groups in total. The Hall–Kier alpha value is -0.430. The molecule has 0 aromatic heterocycles. The first-order valence-corrected chi connectivity index (χ1v) is 7.07. The highest BCUT2D eigenvalue weighted by molar-refractivity contribution is 9.10. The highest BCUT2D eigenvalue weighted by Gasteiger charge is 2.06. The molecule has 0 radical (unpaired) electrons. The fourth-order valence-corrected chi connectivity index (χ4v) is 2.02. The highest BCUT2D eigenvalue weighted by Crippen LogP contribution is 2.05. The van der Waals surface area contributed by atoms with Crippen molar-refractivity contribution in [2.24, 2.45) is 0 Å². The molecule has 84 valence electrons. The summed E-state index contributed by atoms with van der Waals surface area (Å²) in [4.78, 5) is 0. The second-order valence-corrected chi connectivity index (χ2v) is 6.13. The summed E-state index contributed by atoms with van der Waals surface area (Å²) >= 11 is 2.88. The zero-order valence-corrected chi connectivity index (χ0v) is 10.4. The first-order valence-electron chi connectivity index (χ1n) is 4.29. The summed E-state index contributed by atoms with van der Waals surface area (Å²) in [5.41, 5.74) is 1.59. The molecule has 15 heavy (non-hydrogen) atoms. The quantitative estimate of drug-likeness (QED) is 0.795. The Bertz CT molecular complexity index is 419. The molecule has 0 amide bonds. The van der Waals surface area contributed by atoms with Gasteiger partial charge >= 0.3 is 0 Å². The van der Waals surface area contributed by atoms with Gasteiger partial charge in [-0.2, -0.15) is 0 Å². The van der Waals surface area contributed by atoms with Crippen molar-refractivity contribution in [3.63, 3.8) is 0 Å². The van der Waals surface area contributed by atoms with E-state index in [1.807, 2.05) is 0 Å². The maximum absolute atomic E-state index is 11.1. The third kappa shape index (κ3) is 4.29. The van der Waals surface area contributed by atoms with Crippen LogP contribution in [0.25, 0.3) is 0 Å². The van der Waals surface area contributed by atoms with E-state index in [1.165, 1.54) is 0 Å². The lowest BCUT2D eigenvalue weighted by Gasteiger charge is -2.05. The predicted molar refractivity (Wildman–Crippen MR) is 61.9 cm³/mol. The molecule has 0 atom stereocenters. The van der Waals surface area contributed by atoms with Crippen LogP contribution >= 0.6 is 15.9 Å². The van der Waals surface area contributed by atoms with Gasteiger partial charge in [0, 0.05) is 6.54 Å². The lowest BCUT2D eigenvalue weighted by atomic mass is 10.1. The van der Waals surface area contributed by atoms with Gasteiger partial charge < -0.3 is 5.11 Å². The minimum atomic E-state index is -3.23. The number of aliphatic hydroxyl groups excluding tert-OH is 1. The summed E-state index contributed by atoms with van der Waals surface area (Å²) in [7, 11) is -3.23. The zero-order chi connectivity index (χ0) is 11.3. The zero-order valence-electron chi connectivity index (χ0n) is 7.98. The summed E-state index contributed by atoms with van der Waals surface area (Å²) in [6.45, 7) is 0.195. The smallest absolute Gasteiger partial charge is 0.221 e. The van der Waals surface area contributed by atoms with E-state index in [4.69, 9.17) is 5.11 Å². The fourth-order valence-electron chi connectivity index (χ4n) is 1.07. The Kier molecular flexibility index (Phi) is 4.72. The number of rotatable bonds is 5. The molecule has 1 rings (SSSR count). The summed E-state index contributed by atoms with van der Waals surface area (Å²) in [6.07, 6.45) is 0. The predicted octanol–water partition coefficient (Wildman–Crippen LogP) is 0.951. The second-order valence-electron chi connectivity index (χ2n) is 3.02. The van der Waals surface area contributed by atoms with Crippen LogP contribution in [0.1, 0.15) is 11.1 Å². The molecule has 0 aliphatic rings. The number of benzene rings is 1. The molecule has 0 aliphatic carbocycles. The number of alkyl halides is 1. The maximum Gasteiger partial charge on any atom is 0.221 e. The SMILES string of the molecule is O=S(=O)(CBr)NCc1cccc(CO)c1. The minimum Gasteiger partial charge on any atom is -0.392 e. The van der Waals surface area contributed by atoms with Crippen molar-refractivity contribution in [2.45, 2.75) is 13.2 Å². The van der Waals surface area contributed by atoms with Crippen molar-refractivity contribution in [1.29, 1.82) is 0 Å². The Labute approximate surface area is 97.5 Å². The van der Waals surface area contributed by atoms with Crippen molar-refractivity contribution in [1.82, 2.24) is 4.72 Å². The standard InChI is InChI=1S/C9H12BrNO3S/c10-7-15(13,14)11-5-8-2-1-3-9(4-8)6-12/h1-4,11-12H,5-7H2. The second kappa shape index (κ2) is 5.60. The summed E-state index contributed by atoms with van der Waals surface area (Å²) in [6, 6.07) is 7.12. The molecule has 4 nitrogen and oxygen atoms in total. The van der Waals surface area contributed by atoms with E-state index >= 15 is 0 Å². The molecule has 0 aliphatic heterocycles. The van der Waals surface area contributed by atoms with E-state index in [1.54, 1.807) is 24.3 Å². The van der Waals surface area contributed by atoms with Crippen molar-refractivity contribution in [3.8, 4) is 0 Å². The van der Waals surface area contributed by atoms with Crippen LogP contribution in [0.4, 0.5) is 0 Å². The number of hydrogen-bond acceptors (Lipinski definition) is 3. The normalized spacial score (nSPS) is 11.6. The van der Waals surface area contributed by atoms with Gasteiger partial charge in [-0.3, -0.25) is 0 Å². The summed E-state index contributed by atoms with van der Waals surface area (Å²) in [5, 5.41) is 8.89. The average molecular weight is 294 g/mol. The van der Waals surface area contributed by atoms with Crippen LogP contribution in [-0.2, 0) is 23.2 Å². The van der Waals surface area contributed by atoms with Crippen LogP contribution in [0, 0.1) is 0 Å². The summed E-state index contributed by atoms with van der Waals surface area (Å²) < 4.78 is 24.5. The first kappa shape index (κ1) is 12.6. The largest absolute Gasteiger partial charge is 0.392 e. The van der Waals surface area contributed by atoms with Crippen LogP contribution in [-0.4, -0.2) is 18.2 Å². The Morgan fingerprint density at radius 1 is 1.33 bits per heavy atom. The van der Waals surface area contributed by atoms with Gasteiger partial charge in [-0.25, -0.2) is 13.1 Å². The van der Waals surface area contributed by atoms with Gasteiger partial charge in [-0.05, 0) is 11.1 Å². The molecule has 0 saturated heterocycles. The monoisotopic (exact) mass is 293 g/mol. The van der Waals surface area contributed by atoms with Gasteiger partial charge in [0.05, 0.1) is 6.61 Å². The Morgan fingerprint density at radius 2 is 2.00 bits per heavy atom. The molecule has 0 bridgehead atoms. The van der Waals surface area contributed by atoms with Gasteiger partial charge in [0.25, 0.3) is 0 Å². The van der Waals surface area contributed by atoms with E-state index in [0.717, 1.165) is 11.1 Å². The van der Waals surface area contributed by atoms with E-state index in [0.29, 0.717) is 0 Å². The number of hydrogen-bond donors (Lipinski definition) is 2. The van der Waals surface area contributed by atoms with E-state index in [-0.39, 0.29) is 17.8 Å². The number of halogens is 1. The van der Waals surface area contributed by atoms with Crippen LogP contribution in [0.15, 0.2) is 24.3 Å². The van der Waals surface area contributed by atoms with Gasteiger partial charge in [0.1, 0.15) is 4.66 Å². The molecular formula is C9H12BrNO3S. The van der Waals surface area contributed by atoms with Gasteiger partial charge in [0.2, 0.25) is 10.0 Å². The van der Waals surface area contributed by atoms with E-state index in [2.05, 4.69) is 20.7 Å².